The van der Waals surface area contributed by atoms with E-state index in [1.54, 1.807) is 24.3 Å². The van der Waals surface area contributed by atoms with E-state index in [4.69, 9.17) is 9.84 Å². The van der Waals surface area contributed by atoms with Gasteiger partial charge in [0.25, 0.3) is 0 Å². The van der Waals surface area contributed by atoms with Gasteiger partial charge in [-0.1, -0.05) is 52.0 Å². The van der Waals surface area contributed by atoms with Crippen LogP contribution in [0.1, 0.15) is 85.6 Å². The molecule has 0 amide bonds. The summed E-state index contributed by atoms with van der Waals surface area (Å²) in [6.07, 6.45) is 6.02. The largest absolute Gasteiger partial charge is 0.493 e. The van der Waals surface area contributed by atoms with Gasteiger partial charge in [-0.05, 0) is 89.6 Å². The lowest BCUT2D eigenvalue weighted by Gasteiger charge is -2.42. The van der Waals surface area contributed by atoms with Crippen LogP contribution in [0.15, 0.2) is 66.9 Å². The van der Waals surface area contributed by atoms with Crippen molar-refractivity contribution in [2.75, 3.05) is 6.61 Å². The predicted octanol–water partition coefficient (Wildman–Crippen LogP) is 6.92. The molecule has 1 aliphatic rings. The highest BCUT2D eigenvalue weighted by molar-refractivity contribution is 5.87. The SMILES string of the molecule is CC1(C)CCC(C)(C)c2cc(C(CCc3ccccn3)COc3ccc(C(=O)O)cc3)ccc21. The van der Waals surface area contributed by atoms with E-state index >= 15 is 0 Å². The fourth-order valence-corrected chi connectivity index (χ4v) is 4.97. The molecular formula is C30H35NO3. The molecule has 0 radical (unpaired) electrons. The van der Waals surface area contributed by atoms with Gasteiger partial charge in [-0.2, -0.15) is 0 Å². The maximum absolute atomic E-state index is 11.2. The van der Waals surface area contributed by atoms with Gasteiger partial charge in [0.1, 0.15) is 5.75 Å². The standard InChI is InChI=1S/C30H35NO3/c1-29(2)16-17-30(3,4)27-19-22(11-15-26(27)29)23(8-12-24-7-5-6-18-31-24)20-34-25-13-9-21(10-14-25)28(32)33/h5-7,9-11,13-15,18-19,23H,8,12,16-17,20H2,1-4H3,(H,32,33). The third kappa shape index (κ3) is 5.32. The van der Waals surface area contributed by atoms with Crippen LogP contribution in [0, 0.1) is 0 Å². The first-order chi connectivity index (χ1) is 16.2. The van der Waals surface area contributed by atoms with E-state index < -0.39 is 5.97 Å². The monoisotopic (exact) mass is 457 g/mol. The summed E-state index contributed by atoms with van der Waals surface area (Å²) in [5.74, 6) is -0.0426. The number of fused-ring (bicyclic) bond motifs is 1. The molecule has 2 aromatic carbocycles. The molecule has 1 atom stereocenters. The van der Waals surface area contributed by atoms with Crippen molar-refractivity contribution in [1.29, 1.82) is 0 Å². The molecule has 0 aliphatic heterocycles. The molecule has 0 spiro atoms. The molecule has 1 aromatic heterocycles. The summed E-state index contributed by atoms with van der Waals surface area (Å²) in [5, 5.41) is 9.15. The smallest absolute Gasteiger partial charge is 0.335 e. The Morgan fingerprint density at radius 3 is 2.32 bits per heavy atom. The number of pyridine rings is 1. The molecule has 4 rings (SSSR count). The normalized spacial score (nSPS) is 16.9. The van der Waals surface area contributed by atoms with Crippen molar-refractivity contribution in [3.63, 3.8) is 0 Å². The van der Waals surface area contributed by atoms with Crippen molar-refractivity contribution >= 4 is 5.97 Å². The molecule has 1 N–H and O–H groups in total. The number of benzene rings is 2. The molecule has 3 aromatic rings. The van der Waals surface area contributed by atoms with E-state index in [0.717, 1.165) is 18.5 Å². The van der Waals surface area contributed by atoms with Gasteiger partial charge in [0, 0.05) is 17.8 Å². The number of aromatic carboxylic acids is 1. The summed E-state index contributed by atoms with van der Waals surface area (Å²) >= 11 is 0. The van der Waals surface area contributed by atoms with Gasteiger partial charge in [0.2, 0.25) is 0 Å². The Kier molecular flexibility index (Phi) is 6.79. The van der Waals surface area contributed by atoms with E-state index in [1.807, 2.05) is 18.3 Å². The van der Waals surface area contributed by atoms with E-state index in [9.17, 15) is 4.79 Å². The van der Waals surface area contributed by atoms with Crippen molar-refractivity contribution in [3.8, 4) is 5.75 Å². The van der Waals surface area contributed by atoms with E-state index in [1.165, 1.54) is 29.5 Å². The van der Waals surface area contributed by atoms with Crippen molar-refractivity contribution in [2.24, 2.45) is 0 Å². The van der Waals surface area contributed by atoms with Crippen LogP contribution in [0.5, 0.6) is 5.75 Å². The van der Waals surface area contributed by atoms with Gasteiger partial charge in [0.15, 0.2) is 0 Å². The quantitative estimate of drug-likeness (QED) is 0.399. The molecule has 1 unspecified atom stereocenters. The zero-order valence-electron chi connectivity index (χ0n) is 20.7. The molecule has 0 bridgehead atoms. The van der Waals surface area contributed by atoms with Gasteiger partial charge >= 0.3 is 5.97 Å². The number of carbonyl (C=O) groups is 1. The topological polar surface area (TPSA) is 59.4 Å². The van der Waals surface area contributed by atoms with Crippen LogP contribution in [0.4, 0.5) is 0 Å². The van der Waals surface area contributed by atoms with Crippen LogP contribution in [-0.2, 0) is 17.3 Å². The lowest BCUT2D eigenvalue weighted by molar-refractivity contribution is 0.0697. The number of carboxylic acid groups (broad SMARTS) is 1. The number of ether oxygens (including phenoxy) is 1. The number of hydrogen-bond donors (Lipinski definition) is 1. The van der Waals surface area contributed by atoms with Crippen molar-refractivity contribution in [3.05, 3.63) is 94.8 Å². The Bertz CT molecular complexity index is 1130. The highest BCUT2D eigenvalue weighted by atomic mass is 16.5. The molecule has 1 aliphatic carbocycles. The predicted molar refractivity (Wildman–Crippen MR) is 136 cm³/mol. The molecule has 0 fully saturated rings. The average Bonchev–Trinajstić information content (AvgIpc) is 2.83. The summed E-state index contributed by atoms with van der Waals surface area (Å²) in [7, 11) is 0. The third-order valence-electron chi connectivity index (χ3n) is 7.38. The maximum Gasteiger partial charge on any atom is 0.335 e. The Balaban J connectivity index is 1.60. The zero-order chi connectivity index (χ0) is 24.3. The minimum absolute atomic E-state index is 0.153. The van der Waals surface area contributed by atoms with Crippen LogP contribution in [0.3, 0.4) is 0 Å². The molecule has 4 nitrogen and oxygen atoms in total. The van der Waals surface area contributed by atoms with Crippen LogP contribution in [0.25, 0.3) is 0 Å². The van der Waals surface area contributed by atoms with Gasteiger partial charge in [-0.3, -0.25) is 4.98 Å². The fourth-order valence-electron chi connectivity index (χ4n) is 4.97. The van der Waals surface area contributed by atoms with Gasteiger partial charge in [-0.25, -0.2) is 4.79 Å². The second-order valence-corrected chi connectivity index (χ2v) is 10.8. The summed E-state index contributed by atoms with van der Waals surface area (Å²) in [5.41, 5.74) is 5.89. The van der Waals surface area contributed by atoms with Gasteiger partial charge in [0.05, 0.1) is 12.2 Å². The first-order valence-electron chi connectivity index (χ1n) is 12.2. The first-order valence-corrected chi connectivity index (χ1v) is 12.2. The average molecular weight is 458 g/mol. The number of aromatic nitrogens is 1. The number of nitrogens with zero attached hydrogens (tertiary/aromatic N) is 1. The fraction of sp³-hybridized carbons (Fsp3) is 0.400. The summed E-state index contributed by atoms with van der Waals surface area (Å²) < 4.78 is 6.17. The van der Waals surface area contributed by atoms with Crippen LogP contribution < -0.4 is 4.74 Å². The highest BCUT2D eigenvalue weighted by Gasteiger charge is 2.37. The zero-order valence-corrected chi connectivity index (χ0v) is 20.7. The molecule has 4 heteroatoms. The molecule has 0 saturated carbocycles. The molecule has 34 heavy (non-hydrogen) atoms. The summed E-state index contributed by atoms with van der Waals surface area (Å²) in [4.78, 5) is 15.7. The Labute approximate surface area is 203 Å². The minimum Gasteiger partial charge on any atom is -0.493 e. The van der Waals surface area contributed by atoms with Crippen LogP contribution in [0.2, 0.25) is 0 Å². The van der Waals surface area contributed by atoms with Crippen molar-refractivity contribution in [1.82, 2.24) is 4.98 Å². The van der Waals surface area contributed by atoms with Gasteiger partial charge < -0.3 is 9.84 Å². The number of rotatable bonds is 8. The minimum atomic E-state index is -0.931. The van der Waals surface area contributed by atoms with E-state index in [2.05, 4.69) is 56.9 Å². The molecule has 178 valence electrons. The van der Waals surface area contributed by atoms with Gasteiger partial charge in [-0.15, -0.1) is 0 Å². The number of hydrogen-bond acceptors (Lipinski definition) is 3. The lowest BCUT2D eigenvalue weighted by Crippen LogP contribution is -2.34. The maximum atomic E-state index is 11.2. The van der Waals surface area contributed by atoms with Crippen molar-refractivity contribution < 1.29 is 14.6 Å². The summed E-state index contributed by atoms with van der Waals surface area (Å²) in [6.45, 7) is 9.94. The number of carboxylic acids is 1. The van der Waals surface area contributed by atoms with E-state index in [-0.39, 0.29) is 22.3 Å². The Morgan fingerprint density at radius 1 is 0.971 bits per heavy atom. The Hall–Kier alpha value is -3.14. The van der Waals surface area contributed by atoms with Crippen LogP contribution in [-0.4, -0.2) is 22.7 Å². The molecule has 0 saturated heterocycles. The first kappa shape index (κ1) is 24.0. The van der Waals surface area contributed by atoms with E-state index in [0.29, 0.717) is 12.4 Å². The molecule has 1 heterocycles. The number of aryl methyl sites for hydroxylation is 1. The third-order valence-corrected chi connectivity index (χ3v) is 7.38. The molecular weight excluding hydrogens is 422 g/mol. The van der Waals surface area contributed by atoms with Crippen molar-refractivity contribution in [2.45, 2.75) is 70.1 Å². The second-order valence-electron chi connectivity index (χ2n) is 10.8. The lowest BCUT2D eigenvalue weighted by atomic mass is 9.62. The summed E-state index contributed by atoms with van der Waals surface area (Å²) in [6, 6.07) is 19.7. The second kappa shape index (κ2) is 9.61. The Morgan fingerprint density at radius 2 is 1.68 bits per heavy atom. The highest BCUT2D eigenvalue weighted by Crippen LogP contribution is 2.46. The van der Waals surface area contributed by atoms with Crippen LogP contribution >= 0.6 is 0 Å².